The van der Waals surface area contributed by atoms with E-state index < -0.39 is 0 Å². The first-order chi connectivity index (χ1) is 12.6. The van der Waals surface area contributed by atoms with Crippen molar-refractivity contribution >= 4 is 17.5 Å². The number of carbonyl (C=O) groups is 2. The van der Waals surface area contributed by atoms with Gasteiger partial charge in [0.05, 0.1) is 19.9 Å². The molecular formula is C20H30N2O4. The van der Waals surface area contributed by atoms with Gasteiger partial charge in [-0.3, -0.25) is 9.59 Å². The lowest BCUT2D eigenvalue weighted by atomic mass is 9.81. The predicted molar refractivity (Wildman–Crippen MR) is 102 cm³/mol. The Labute approximate surface area is 155 Å². The fraction of sp³-hybridized carbons (Fsp3) is 0.600. The molecule has 1 saturated carbocycles. The van der Waals surface area contributed by atoms with E-state index in [0.29, 0.717) is 17.2 Å². The number of ether oxygens (including phenoxy) is 2. The molecule has 1 aromatic carbocycles. The van der Waals surface area contributed by atoms with Gasteiger partial charge < -0.3 is 20.1 Å². The van der Waals surface area contributed by atoms with Gasteiger partial charge in [-0.25, -0.2) is 0 Å². The Morgan fingerprint density at radius 1 is 1.04 bits per heavy atom. The third kappa shape index (κ3) is 5.38. The summed E-state index contributed by atoms with van der Waals surface area (Å²) in [6, 6.07) is 5.31. The molecule has 0 radical (unpaired) electrons. The van der Waals surface area contributed by atoms with Gasteiger partial charge in [0.1, 0.15) is 11.5 Å². The number of benzene rings is 1. The van der Waals surface area contributed by atoms with Gasteiger partial charge >= 0.3 is 0 Å². The molecule has 0 atom stereocenters. The first kappa shape index (κ1) is 20.1. The van der Waals surface area contributed by atoms with Crippen LogP contribution in [0.25, 0.3) is 0 Å². The third-order valence-electron chi connectivity index (χ3n) is 4.96. The third-order valence-corrected chi connectivity index (χ3v) is 4.96. The van der Waals surface area contributed by atoms with Crippen molar-refractivity contribution in [2.75, 3.05) is 26.1 Å². The minimum absolute atomic E-state index is 0.0155. The van der Waals surface area contributed by atoms with E-state index in [4.69, 9.17) is 9.47 Å². The van der Waals surface area contributed by atoms with Gasteiger partial charge in [-0.15, -0.1) is 0 Å². The van der Waals surface area contributed by atoms with E-state index in [9.17, 15) is 9.59 Å². The van der Waals surface area contributed by atoms with Gasteiger partial charge in [0.2, 0.25) is 11.8 Å². The zero-order valence-corrected chi connectivity index (χ0v) is 16.0. The molecule has 0 aliphatic heterocycles. The molecule has 0 unspecified atom stereocenters. The van der Waals surface area contributed by atoms with Crippen LogP contribution in [0.4, 0.5) is 5.69 Å². The van der Waals surface area contributed by atoms with Crippen molar-refractivity contribution in [3.63, 3.8) is 0 Å². The maximum Gasteiger partial charge on any atom is 0.227 e. The fourth-order valence-corrected chi connectivity index (χ4v) is 3.29. The normalized spacial score (nSPS) is 19.5. The SMILES string of the molecule is CCCCNC(=O)C1CCC(C(=O)Nc2ccc(OC)cc2OC)CC1. The summed E-state index contributed by atoms with van der Waals surface area (Å²) in [6.07, 6.45) is 5.06. The molecule has 26 heavy (non-hydrogen) atoms. The van der Waals surface area contributed by atoms with Gasteiger partial charge in [-0.05, 0) is 44.2 Å². The predicted octanol–water partition coefficient (Wildman–Crippen LogP) is 3.37. The highest BCUT2D eigenvalue weighted by molar-refractivity contribution is 5.94. The van der Waals surface area contributed by atoms with Crippen molar-refractivity contribution in [2.24, 2.45) is 11.8 Å². The van der Waals surface area contributed by atoms with Crippen LogP contribution in [0.5, 0.6) is 11.5 Å². The van der Waals surface area contributed by atoms with E-state index in [1.54, 1.807) is 32.4 Å². The lowest BCUT2D eigenvalue weighted by Gasteiger charge is -2.27. The first-order valence-electron chi connectivity index (χ1n) is 9.39. The minimum atomic E-state index is -0.0681. The summed E-state index contributed by atoms with van der Waals surface area (Å²) in [7, 11) is 3.15. The second kappa shape index (κ2) is 10.0. The van der Waals surface area contributed by atoms with E-state index in [1.807, 2.05) is 0 Å². The van der Waals surface area contributed by atoms with Crippen molar-refractivity contribution in [3.8, 4) is 11.5 Å². The number of unbranched alkanes of at least 4 members (excludes halogenated alkanes) is 1. The number of nitrogens with one attached hydrogen (secondary N) is 2. The maximum atomic E-state index is 12.6. The molecule has 1 aliphatic carbocycles. The molecule has 0 bridgehead atoms. The number of carbonyl (C=O) groups excluding carboxylic acids is 2. The van der Waals surface area contributed by atoms with Crippen LogP contribution in [0, 0.1) is 11.8 Å². The van der Waals surface area contributed by atoms with Gasteiger partial charge in [-0.2, -0.15) is 0 Å². The highest BCUT2D eigenvalue weighted by atomic mass is 16.5. The van der Waals surface area contributed by atoms with Crippen LogP contribution < -0.4 is 20.1 Å². The molecule has 1 fully saturated rings. The number of methoxy groups -OCH3 is 2. The summed E-state index contributed by atoms with van der Waals surface area (Å²) in [5, 5.41) is 5.94. The molecule has 1 aromatic rings. The smallest absolute Gasteiger partial charge is 0.227 e. The summed E-state index contributed by atoms with van der Waals surface area (Å²) in [6.45, 7) is 2.85. The quantitative estimate of drug-likeness (QED) is 0.695. The van der Waals surface area contributed by atoms with Crippen molar-refractivity contribution in [1.82, 2.24) is 5.32 Å². The second-order valence-corrected chi connectivity index (χ2v) is 6.75. The molecule has 6 nitrogen and oxygen atoms in total. The average Bonchev–Trinajstić information content (AvgIpc) is 2.68. The van der Waals surface area contributed by atoms with E-state index in [0.717, 1.165) is 45.1 Å². The molecule has 144 valence electrons. The summed E-state index contributed by atoms with van der Waals surface area (Å²) in [5.41, 5.74) is 0.637. The largest absolute Gasteiger partial charge is 0.497 e. The van der Waals surface area contributed by atoms with Gasteiger partial charge in [-0.1, -0.05) is 13.3 Å². The molecule has 1 aliphatic rings. The van der Waals surface area contributed by atoms with Crippen molar-refractivity contribution in [1.29, 1.82) is 0 Å². The van der Waals surface area contributed by atoms with Crippen molar-refractivity contribution in [2.45, 2.75) is 45.4 Å². The molecule has 0 aromatic heterocycles. The van der Waals surface area contributed by atoms with Crippen molar-refractivity contribution < 1.29 is 19.1 Å². The highest BCUT2D eigenvalue weighted by Gasteiger charge is 2.30. The van der Waals surface area contributed by atoms with Crippen LogP contribution in [0.15, 0.2) is 18.2 Å². The molecule has 0 heterocycles. The second-order valence-electron chi connectivity index (χ2n) is 6.75. The Bertz CT molecular complexity index is 610. The summed E-state index contributed by atoms with van der Waals surface area (Å²) >= 11 is 0. The Morgan fingerprint density at radius 3 is 2.27 bits per heavy atom. The number of hydrogen-bond donors (Lipinski definition) is 2. The Morgan fingerprint density at radius 2 is 1.69 bits per heavy atom. The average molecular weight is 362 g/mol. The Hall–Kier alpha value is -2.24. The number of hydrogen-bond acceptors (Lipinski definition) is 4. The molecule has 2 rings (SSSR count). The minimum Gasteiger partial charge on any atom is -0.497 e. The van der Waals surface area contributed by atoms with Crippen LogP contribution in [0.1, 0.15) is 45.4 Å². The molecule has 0 spiro atoms. The Balaban J connectivity index is 1.86. The van der Waals surface area contributed by atoms with Gasteiger partial charge in [0.25, 0.3) is 0 Å². The fourth-order valence-electron chi connectivity index (χ4n) is 3.29. The van der Waals surface area contributed by atoms with Crippen LogP contribution in [-0.2, 0) is 9.59 Å². The lowest BCUT2D eigenvalue weighted by molar-refractivity contribution is -0.128. The standard InChI is InChI=1S/C20H30N2O4/c1-4-5-12-21-19(23)14-6-8-15(9-7-14)20(24)22-17-11-10-16(25-2)13-18(17)26-3/h10-11,13-15H,4-9,12H2,1-3H3,(H,21,23)(H,22,24). The number of amides is 2. The van der Waals surface area contributed by atoms with Gasteiger partial charge in [0.15, 0.2) is 0 Å². The topological polar surface area (TPSA) is 76.7 Å². The van der Waals surface area contributed by atoms with E-state index in [2.05, 4.69) is 17.6 Å². The summed E-state index contributed by atoms with van der Waals surface area (Å²) in [5.74, 6) is 1.33. The van der Waals surface area contributed by atoms with Gasteiger partial charge in [0, 0.05) is 24.4 Å². The van der Waals surface area contributed by atoms with Crippen molar-refractivity contribution in [3.05, 3.63) is 18.2 Å². The van der Waals surface area contributed by atoms with Crippen LogP contribution in [0.2, 0.25) is 0 Å². The maximum absolute atomic E-state index is 12.6. The zero-order valence-electron chi connectivity index (χ0n) is 16.0. The zero-order chi connectivity index (χ0) is 18.9. The first-order valence-corrected chi connectivity index (χ1v) is 9.39. The monoisotopic (exact) mass is 362 g/mol. The molecular weight excluding hydrogens is 332 g/mol. The van der Waals surface area contributed by atoms with E-state index in [1.165, 1.54) is 0 Å². The van der Waals surface area contributed by atoms with Crippen LogP contribution >= 0.6 is 0 Å². The number of rotatable bonds is 8. The lowest BCUT2D eigenvalue weighted by Crippen LogP contribution is -2.35. The molecule has 2 N–H and O–H groups in total. The number of anilines is 1. The van der Waals surface area contributed by atoms with E-state index >= 15 is 0 Å². The molecule has 0 saturated heterocycles. The molecule has 6 heteroatoms. The summed E-state index contributed by atoms with van der Waals surface area (Å²) in [4.78, 5) is 24.7. The van der Waals surface area contributed by atoms with Crippen LogP contribution in [0.3, 0.4) is 0 Å². The highest BCUT2D eigenvalue weighted by Crippen LogP contribution is 2.33. The van der Waals surface area contributed by atoms with E-state index in [-0.39, 0.29) is 23.7 Å². The Kier molecular flexibility index (Phi) is 7.75. The molecule has 2 amide bonds. The summed E-state index contributed by atoms with van der Waals surface area (Å²) < 4.78 is 10.5. The van der Waals surface area contributed by atoms with Crippen LogP contribution in [-0.4, -0.2) is 32.6 Å².